The lowest BCUT2D eigenvalue weighted by atomic mass is 10.4. The highest BCUT2D eigenvalue weighted by Gasteiger charge is 2.07. The highest BCUT2D eigenvalue weighted by Crippen LogP contribution is 2.25. The van der Waals surface area contributed by atoms with Gasteiger partial charge in [0.25, 0.3) is 0 Å². The van der Waals surface area contributed by atoms with Crippen LogP contribution >= 0.6 is 34.9 Å². The smallest absolute Gasteiger partial charge is 0.138 e. The van der Waals surface area contributed by atoms with Crippen LogP contribution in [0.1, 0.15) is 26.0 Å². The molecule has 0 saturated heterocycles. The van der Waals surface area contributed by atoms with Gasteiger partial charge >= 0.3 is 0 Å². The number of hydrogen-bond acceptors (Lipinski definition) is 4. The van der Waals surface area contributed by atoms with Crippen LogP contribution in [0, 0.1) is 0 Å². The first kappa shape index (κ1) is 10.3. The van der Waals surface area contributed by atoms with Crippen LogP contribution in [0.15, 0.2) is 0 Å². The van der Waals surface area contributed by atoms with E-state index in [9.17, 15) is 0 Å². The Morgan fingerprint density at radius 3 is 2.92 bits per heavy atom. The van der Waals surface area contributed by atoms with Crippen molar-refractivity contribution in [2.75, 3.05) is 0 Å². The molecular weight excluding hydrogens is 212 g/mol. The molecule has 1 heterocycles. The quantitative estimate of drug-likeness (QED) is 0.783. The molecule has 0 aromatic carbocycles. The van der Waals surface area contributed by atoms with Gasteiger partial charge in [-0.1, -0.05) is 29.9 Å². The van der Waals surface area contributed by atoms with E-state index in [4.69, 9.17) is 11.6 Å². The lowest BCUT2D eigenvalue weighted by Gasteiger charge is -2.05. The van der Waals surface area contributed by atoms with E-state index in [1.807, 2.05) is 11.8 Å². The van der Waals surface area contributed by atoms with Crippen molar-refractivity contribution in [1.82, 2.24) is 9.59 Å². The molecule has 0 amide bonds. The fraction of sp³-hybridized carbons (Fsp3) is 0.714. The summed E-state index contributed by atoms with van der Waals surface area (Å²) in [5.41, 5.74) is 0.923. The number of halogens is 1. The van der Waals surface area contributed by atoms with Crippen molar-refractivity contribution in [3.63, 3.8) is 0 Å². The van der Waals surface area contributed by atoms with Gasteiger partial charge in [-0.15, -0.1) is 5.10 Å². The summed E-state index contributed by atoms with van der Waals surface area (Å²) in [7, 11) is 0. The van der Waals surface area contributed by atoms with E-state index < -0.39 is 0 Å². The fourth-order valence-electron chi connectivity index (χ4n) is 0.622. The van der Waals surface area contributed by atoms with Gasteiger partial charge in [-0.3, -0.25) is 0 Å². The SMILES string of the molecule is CCC(C)SCc1nnsc1Cl. The third-order valence-corrected chi connectivity index (χ3v) is 3.92. The van der Waals surface area contributed by atoms with E-state index >= 15 is 0 Å². The molecule has 0 aliphatic carbocycles. The molecule has 0 spiro atoms. The van der Waals surface area contributed by atoms with E-state index in [2.05, 4.69) is 23.4 Å². The van der Waals surface area contributed by atoms with Gasteiger partial charge in [0.05, 0.1) is 0 Å². The van der Waals surface area contributed by atoms with Gasteiger partial charge in [0, 0.05) is 22.5 Å². The summed E-state index contributed by atoms with van der Waals surface area (Å²) in [5.74, 6) is 0.879. The molecule has 0 radical (unpaired) electrons. The fourth-order valence-corrected chi connectivity index (χ4v) is 2.30. The molecule has 12 heavy (non-hydrogen) atoms. The Kier molecular flexibility index (Phi) is 4.32. The maximum absolute atomic E-state index is 5.85. The van der Waals surface area contributed by atoms with Crippen molar-refractivity contribution < 1.29 is 0 Å². The molecule has 0 saturated carbocycles. The molecule has 68 valence electrons. The van der Waals surface area contributed by atoms with Crippen molar-refractivity contribution in [2.24, 2.45) is 0 Å². The van der Waals surface area contributed by atoms with Crippen molar-refractivity contribution >= 4 is 34.9 Å². The Morgan fingerprint density at radius 2 is 2.42 bits per heavy atom. The molecule has 0 bridgehead atoms. The first-order valence-corrected chi connectivity index (χ1v) is 6.02. The van der Waals surface area contributed by atoms with Crippen LogP contribution < -0.4 is 0 Å². The van der Waals surface area contributed by atoms with Gasteiger partial charge in [-0.05, 0) is 6.42 Å². The van der Waals surface area contributed by atoms with Gasteiger partial charge in [0.1, 0.15) is 10.0 Å². The minimum atomic E-state index is 0.669. The summed E-state index contributed by atoms with van der Waals surface area (Å²) in [6.45, 7) is 4.39. The minimum absolute atomic E-state index is 0.669. The zero-order chi connectivity index (χ0) is 8.97. The van der Waals surface area contributed by atoms with E-state index in [-0.39, 0.29) is 0 Å². The second-order valence-corrected chi connectivity index (χ2v) is 5.31. The molecule has 1 unspecified atom stereocenters. The Morgan fingerprint density at radius 1 is 1.67 bits per heavy atom. The third kappa shape index (κ3) is 2.92. The van der Waals surface area contributed by atoms with Crippen LogP contribution in [0.2, 0.25) is 4.34 Å². The molecule has 0 aliphatic rings. The number of nitrogens with zero attached hydrogens (tertiary/aromatic N) is 2. The van der Waals surface area contributed by atoms with E-state index in [1.54, 1.807) is 0 Å². The molecule has 0 aliphatic heterocycles. The lowest BCUT2D eigenvalue weighted by molar-refractivity contribution is 0.903. The van der Waals surface area contributed by atoms with Crippen molar-refractivity contribution in [2.45, 2.75) is 31.3 Å². The molecule has 5 heteroatoms. The van der Waals surface area contributed by atoms with E-state index in [0.717, 1.165) is 15.8 Å². The average molecular weight is 223 g/mol. The maximum Gasteiger partial charge on any atom is 0.138 e. The van der Waals surface area contributed by atoms with Crippen LogP contribution in [0.5, 0.6) is 0 Å². The van der Waals surface area contributed by atoms with Gasteiger partial charge in [0.2, 0.25) is 0 Å². The van der Waals surface area contributed by atoms with Crippen LogP contribution in [0.25, 0.3) is 0 Å². The summed E-state index contributed by atoms with van der Waals surface area (Å²) in [6.07, 6.45) is 1.18. The molecule has 1 atom stereocenters. The van der Waals surface area contributed by atoms with Crippen LogP contribution in [0.4, 0.5) is 0 Å². The molecule has 1 aromatic rings. The molecule has 1 aromatic heterocycles. The van der Waals surface area contributed by atoms with Crippen LogP contribution in [0.3, 0.4) is 0 Å². The Hall–Kier alpha value is 0.200. The number of thioether (sulfide) groups is 1. The first-order chi connectivity index (χ1) is 5.74. The molecule has 0 N–H and O–H groups in total. The van der Waals surface area contributed by atoms with Gasteiger partial charge in [-0.25, -0.2) is 0 Å². The number of aromatic nitrogens is 2. The topological polar surface area (TPSA) is 25.8 Å². The summed E-state index contributed by atoms with van der Waals surface area (Å²) in [5, 5.41) is 4.61. The molecule has 1 rings (SSSR count). The third-order valence-electron chi connectivity index (χ3n) is 1.59. The first-order valence-electron chi connectivity index (χ1n) is 3.82. The summed E-state index contributed by atoms with van der Waals surface area (Å²) in [4.78, 5) is 0. The second kappa shape index (κ2) is 5.04. The second-order valence-electron chi connectivity index (χ2n) is 2.52. The van der Waals surface area contributed by atoms with Crippen LogP contribution in [-0.2, 0) is 5.75 Å². The number of hydrogen-bond donors (Lipinski definition) is 0. The van der Waals surface area contributed by atoms with E-state index in [1.165, 1.54) is 18.0 Å². The zero-order valence-corrected chi connectivity index (χ0v) is 9.47. The number of rotatable bonds is 4. The van der Waals surface area contributed by atoms with E-state index in [0.29, 0.717) is 5.25 Å². The summed E-state index contributed by atoms with van der Waals surface area (Å²) in [6, 6.07) is 0. The largest absolute Gasteiger partial charge is 0.152 e. The molecule has 0 fully saturated rings. The van der Waals surface area contributed by atoms with Crippen molar-refractivity contribution in [3.8, 4) is 0 Å². The highest BCUT2D eigenvalue weighted by molar-refractivity contribution is 7.99. The zero-order valence-electron chi connectivity index (χ0n) is 7.08. The summed E-state index contributed by atoms with van der Waals surface area (Å²) >= 11 is 8.97. The average Bonchev–Trinajstić information content (AvgIpc) is 2.47. The summed E-state index contributed by atoms with van der Waals surface area (Å²) < 4.78 is 4.50. The minimum Gasteiger partial charge on any atom is -0.152 e. The highest BCUT2D eigenvalue weighted by atomic mass is 35.5. The van der Waals surface area contributed by atoms with Gasteiger partial charge in [0.15, 0.2) is 0 Å². The van der Waals surface area contributed by atoms with Crippen LogP contribution in [-0.4, -0.2) is 14.8 Å². The molecular formula is C7H11ClN2S2. The Bertz CT molecular complexity index is 239. The lowest BCUT2D eigenvalue weighted by Crippen LogP contribution is -1.94. The predicted octanol–water partition coefficient (Wildman–Crippen LogP) is 3.22. The van der Waals surface area contributed by atoms with Gasteiger partial charge in [-0.2, -0.15) is 11.8 Å². The predicted molar refractivity (Wildman–Crippen MR) is 56.0 cm³/mol. The van der Waals surface area contributed by atoms with Gasteiger partial charge < -0.3 is 0 Å². The molecule has 2 nitrogen and oxygen atoms in total. The Labute approximate surface area is 85.9 Å². The standard InChI is InChI=1S/C7H11ClN2S2/c1-3-5(2)11-4-6-7(8)12-10-9-6/h5H,3-4H2,1-2H3. The van der Waals surface area contributed by atoms with Crippen molar-refractivity contribution in [1.29, 1.82) is 0 Å². The maximum atomic E-state index is 5.85. The normalized spacial score (nSPS) is 13.2. The Balaban J connectivity index is 2.38. The van der Waals surface area contributed by atoms with Crippen molar-refractivity contribution in [3.05, 3.63) is 10.0 Å². The monoisotopic (exact) mass is 222 g/mol.